The summed E-state index contributed by atoms with van der Waals surface area (Å²) in [6.45, 7) is 1.62. The molecule has 2 fully saturated rings. The third-order valence-corrected chi connectivity index (χ3v) is 6.36. The first-order valence-electron chi connectivity index (χ1n) is 9.65. The van der Waals surface area contributed by atoms with Gasteiger partial charge in [-0.2, -0.15) is 0 Å². The Morgan fingerprint density at radius 3 is 2.52 bits per heavy atom. The number of hydrogen-bond acceptors (Lipinski definition) is 5. The van der Waals surface area contributed by atoms with E-state index in [4.69, 9.17) is 28.9 Å². The molecule has 2 heterocycles. The molecule has 29 heavy (non-hydrogen) atoms. The molecule has 1 saturated heterocycles. The zero-order chi connectivity index (χ0) is 20.5. The summed E-state index contributed by atoms with van der Waals surface area (Å²) < 4.78 is 0. The highest BCUT2D eigenvalue weighted by molar-refractivity contribution is 6.31. The first-order valence-corrected chi connectivity index (χ1v) is 10.4. The molecule has 1 aliphatic carbocycles. The van der Waals surface area contributed by atoms with Gasteiger partial charge in [-0.15, -0.1) is 0 Å². The summed E-state index contributed by atoms with van der Waals surface area (Å²) >= 11 is 12.1. The van der Waals surface area contributed by atoms with Gasteiger partial charge in [-0.1, -0.05) is 35.3 Å². The van der Waals surface area contributed by atoms with Gasteiger partial charge in [-0.25, -0.2) is 4.98 Å². The molecule has 0 bridgehead atoms. The number of amides is 1. The second-order valence-corrected chi connectivity index (χ2v) is 8.47. The van der Waals surface area contributed by atoms with E-state index < -0.39 is 0 Å². The van der Waals surface area contributed by atoms with E-state index >= 15 is 0 Å². The molecule has 2 N–H and O–H groups in total. The molecule has 2 aliphatic rings. The lowest BCUT2D eigenvalue weighted by atomic mass is 9.73. The summed E-state index contributed by atoms with van der Waals surface area (Å²) in [5, 5.41) is 1.13. The molecular weight excluding hydrogens is 411 g/mol. The Morgan fingerprint density at radius 2 is 1.90 bits per heavy atom. The van der Waals surface area contributed by atoms with Crippen LogP contribution in [0, 0.1) is 11.8 Å². The van der Waals surface area contributed by atoms with E-state index in [2.05, 4.69) is 9.88 Å². The Labute approximate surface area is 179 Å². The number of pyridine rings is 1. The molecule has 0 radical (unpaired) electrons. The fraction of sp³-hybridized carbons (Fsp3) is 0.381. The van der Waals surface area contributed by atoms with Gasteiger partial charge in [0.25, 0.3) is 0 Å². The van der Waals surface area contributed by atoms with E-state index in [1.807, 2.05) is 29.2 Å². The molecule has 1 aromatic carbocycles. The van der Waals surface area contributed by atoms with Crippen molar-refractivity contribution >= 4 is 46.9 Å². The Kier molecular flexibility index (Phi) is 5.65. The van der Waals surface area contributed by atoms with Gasteiger partial charge >= 0.3 is 0 Å². The van der Waals surface area contributed by atoms with Gasteiger partial charge in [0.2, 0.25) is 5.91 Å². The van der Waals surface area contributed by atoms with Crippen LogP contribution in [-0.4, -0.2) is 41.7 Å². The van der Waals surface area contributed by atoms with Gasteiger partial charge in [0.05, 0.1) is 16.8 Å². The summed E-state index contributed by atoms with van der Waals surface area (Å²) in [4.78, 5) is 32.6. The smallest absolute Gasteiger partial charge is 0.226 e. The average Bonchev–Trinajstić information content (AvgIpc) is 2.68. The Morgan fingerprint density at radius 1 is 1.14 bits per heavy atom. The number of carbonyl (C=O) groups excluding carboxylic acids is 2. The quantitative estimate of drug-likeness (QED) is 0.746. The number of halogens is 2. The summed E-state index contributed by atoms with van der Waals surface area (Å²) in [7, 11) is 0. The van der Waals surface area contributed by atoms with E-state index in [-0.39, 0.29) is 23.8 Å². The van der Waals surface area contributed by atoms with Crippen LogP contribution in [-0.2, 0) is 9.59 Å². The van der Waals surface area contributed by atoms with Crippen molar-refractivity contribution in [2.24, 2.45) is 11.8 Å². The molecule has 4 rings (SSSR count). The third-order valence-electron chi connectivity index (χ3n) is 5.90. The predicted octanol–water partition coefficient (Wildman–Crippen LogP) is 3.59. The van der Waals surface area contributed by atoms with Gasteiger partial charge in [0, 0.05) is 42.7 Å². The normalized spacial score (nSPS) is 24.1. The van der Waals surface area contributed by atoms with E-state index in [0.717, 1.165) is 24.7 Å². The van der Waals surface area contributed by atoms with Gasteiger partial charge in [-0.05, 0) is 36.6 Å². The molecule has 1 saturated carbocycles. The summed E-state index contributed by atoms with van der Waals surface area (Å²) in [6, 6.07) is 9.14. The fourth-order valence-corrected chi connectivity index (χ4v) is 4.42. The maximum atomic E-state index is 13.0. The van der Waals surface area contributed by atoms with Crippen molar-refractivity contribution in [1.29, 1.82) is 0 Å². The Hall–Kier alpha value is -2.31. The van der Waals surface area contributed by atoms with Crippen LogP contribution in [0.3, 0.4) is 0 Å². The van der Waals surface area contributed by atoms with E-state index in [1.54, 1.807) is 12.3 Å². The number of anilines is 2. The minimum atomic E-state index is -0.191. The first-order chi connectivity index (χ1) is 14.0. The molecule has 1 aliphatic heterocycles. The molecule has 6 nitrogen and oxygen atoms in total. The van der Waals surface area contributed by atoms with Crippen LogP contribution in [0.5, 0.6) is 0 Å². The number of hydrogen-bond donors (Lipinski definition) is 1. The van der Waals surface area contributed by atoms with Crippen LogP contribution < -0.4 is 10.6 Å². The highest BCUT2D eigenvalue weighted by Crippen LogP contribution is 2.38. The van der Waals surface area contributed by atoms with Crippen LogP contribution >= 0.6 is 23.2 Å². The SMILES string of the molecule is Nc1cc(Cl)cnc1N1CCN(C(=O)C2CCC2C=O)CC1c1ccc(Cl)cc1. The van der Waals surface area contributed by atoms with E-state index in [1.165, 1.54) is 0 Å². The average molecular weight is 433 g/mol. The number of aldehydes is 1. The number of carbonyl (C=O) groups is 2. The van der Waals surface area contributed by atoms with Crippen molar-refractivity contribution < 1.29 is 9.59 Å². The minimum Gasteiger partial charge on any atom is -0.396 e. The molecule has 1 amide bonds. The largest absolute Gasteiger partial charge is 0.396 e. The van der Waals surface area contributed by atoms with Crippen LogP contribution in [0.15, 0.2) is 36.5 Å². The number of benzene rings is 1. The monoisotopic (exact) mass is 432 g/mol. The number of nitrogens with zero attached hydrogens (tertiary/aromatic N) is 3. The summed E-state index contributed by atoms with van der Waals surface area (Å²) in [5.41, 5.74) is 7.71. The summed E-state index contributed by atoms with van der Waals surface area (Å²) in [5.74, 6) is 0.367. The number of aromatic nitrogens is 1. The Balaban J connectivity index is 1.63. The third kappa shape index (κ3) is 3.91. The lowest BCUT2D eigenvalue weighted by molar-refractivity contribution is -0.144. The zero-order valence-corrected chi connectivity index (χ0v) is 17.3. The molecule has 152 valence electrons. The topological polar surface area (TPSA) is 79.5 Å². The molecule has 1 aromatic heterocycles. The highest BCUT2D eigenvalue weighted by Gasteiger charge is 2.41. The molecule has 3 atom stereocenters. The van der Waals surface area contributed by atoms with Crippen LogP contribution in [0.25, 0.3) is 0 Å². The Bertz CT molecular complexity index is 921. The van der Waals surface area contributed by atoms with Gasteiger partial charge < -0.3 is 20.3 Å². The van der Waals surface area contributed by atoms with Crippen molar-refractivity contribution in [1.82, 2.24) is 9.88 Å². The fourth-order valence-electron chi connectivity index (χ4n) is 4.12. The second kappa shape index (κ2) is 8.20. The first kappa shape index (κ1) is 20.0. The van der Waals surface area contributed by atoms with Crippen LogP contribution in [0.4, 0.5) is 11.5 Å². The number of piperazine rings is 1. The number of nitrogen functional groups attached to an aromatic ring is 1. The van der Waals surface area contributed by atoms with Crippen molar-refractivity contribution in [3.8, 4) is 0 Å². The maximum absolute atomic E-state index is 13.0. The van der Waals surface area contributed by atoms with Crippen LogP contribution in [0.2, 0.25) is 10.0 Å². The molecule has 3 unspecified atom stereocenters. The molecular formula is C21H22Cl2N4O2. The van der Waals surface area contributed by atoms with Gasteiger partial charge in [-0.3, -0.25) is 4.79 Å². The minimum absolute atomic E-state index is 0.0593. The highest BCUT2D eigenvalue weighted by atomic mass is 35.5. The molecule has 0 spiro atoms. The standard InChI is InChI=1S/C21H22Cl2N4O2/c22-15-4-1-13(2-5-15)19-11-26(21(29)17-6-3-14(17)12-28)7-8-27(19)20-18(24)9-16(23)10-25-20/h1-2,4-5,9-10,12,14,17,19H,3,6-8,11,24H2. The lowest BCUT2D eigenvalue weighted by Crippen LogP contribution is -2.54. The maximum Gasteiger partial charge on any atom is 0.226 e. The summed E-state index contributed by atoms with van der Waals surface area (Å²) in [6.07, 6.45) is 4.07. The van der Waals surface area contributed by atoms with E-state index in [9.17, 15) is 9.59 Å². The van der Waals surface area contributed by atoms with Crippen molar-refractivity contribution in [3.05, 3.63) is 52.1 Å². The lowest BCUT2D eigenvalue weighted by Gasteiger charge is -2.45. The van der Waals surface area contributed by atoms with E-state index in [0.29, 0.717) is 41.2 Å². The van der Waals surface area contributed by atoms with Crippen LogP contribution in [0.1, 0.15) is 24.4 Å². The second-order valence-electron chi connectivity index (χ2n) is 7.60. The predicted molar refractivity (Wildman–Crippen MR) is 114 cm³/mol. The zero-order valence-electron chi connectivity index (χ0n) is 15.8. The number of nitrogens with two attached hydrogens (primary N) is 1. The molecule has 2 aromatic rings. The number of rotatable bonds is 4. The molecule has 8 heteroatoms. The van der Waals surface area contributed by atoms with Gasteiger partial charge in [0.15, 0.2) is 5.82 Å². The van der Waals surface area contributed by atoms with Crippen molar-refractivity contribution in [2.45, 2.75) is 18.9 Å². The van der Waals surface area contributed by atoms with Crippen molar-refractivity contribution in [2.75, 3.05) is 30.3 Å². The van der Waals surface area contributed by atoms with Gasteiger partial charge in [0.1, 0.15) is 6.29 Å². The van der Waals surface area contributed by atoms with Crippen molar-refractivity contribution in [3.63, 3.8) is 0 Å².